The van der Waals surface area contributed by atoms with Crippen molar-refractivity contribution >= 4 is 5.91 Å². The van der Waals surface area contributed by atoms with Gasteiger partial charge in [-0.15, -0.1) is 0 Å². The molecule has 0 aromatic heterocycles. The number of carbonyl (C=O) groups excluding carboxylic acids is 1. The van der Waals surface area contributed by atoms with E-state index in [9.17, 15) is 4.79 Å². The lowest BCUT2D eigenvalue weighted by molar-refractivity contribution is -0.118. The molecule has 0 aromatic carbocycles. The minimum Gasteiger partial charge on any atom is -0.347 e. The molecule has 0 bridgehead atoms. The van der Waals surface area contributed by atoms with Gasteiger partial charge in [0.1, 0.15) is 11.6 Å². The van der Waals surface area contributed by atoms with Crippen LogP contribution in [0, 0.1) is 17.2 Å². The Morgan fingerprint density at radius 2 is 2.07 bits per heavy atom. The fourth-order valence-electron chi connectivity index (χ4n) is 1.07. The van der Waals surface area contributed by atoms with Gasteiger partial charge in [-0.3, -0.25) is 4.79 Å². The van der Waals surface area contributed by atoms with Crippen molar-refractivity contribution in [3.05, 3.63) is 11.6 Å². The number of carbonyl (C=O) groups is 1. The van der Waals surface area contributed by atoms with Crippen molar-refractivity contribution in [2.24, 2.45) is 5.92 Å². The molecule has 1 amide bonds. The number of nitriles is 1. The third-order valence-corrected chi connectivity index (χ3v) is 1.88. The molecule has 0 radical (unpaired) electrons. The molecule has 0 aromatic rings. The van der Waals surface area contributed by atoms with Gasteiger partial charge in [-0.2, -0.15) is 5.26 Å². The first-order valence-electron chi connectivity index (χ1n) is 4.87. The Balaban J connectivity index is 2.62. The van der Waals surface area contributed by atoms with Crippen LogP contribution in [0.5, 0.6) is 0 Å². The van der Waals surface area contributed by atoms with E-state index in [0.29, 0.717) is 5.92 Å². The lowest BCUT2D eigenvalue weighted by Crippen LogP contribution is -2.41. The van der Waals surface area contributed by atoms with Crippen LogP contribution in [0.2, 0.25) is 0 Å². The van der Waals surface area contributed by atoms with Crippen LogP contribution in [-0.4, -0.2) is 11.4 Å². The molecule has 0 atom stereocenters. The number of allylic oxidation sites excluding steroid dienone is 1. The van der Waals surface area contributed by atoms with Crippen LogP contribution >= 0.6 is 0 Å². The maximum Gasteiger partial charge on any atom is 0.262 e. The highest BCUT2D eigenvalue weighted by atomic mass is 16.1. The molecule has 0 saturated heterocycles. The van der Waals surface area contributed by atoms with E-state index in [0.717, 1.165) is 12.8 Å². The minimum atomic E-state index is -0.281. The first-order valence-corrected chi connectivity index (χ1v) is 4.87. The summed E-state index contributed by atoms with van der Waals surface area (Å²) in [6.45, 7) is 5.70. The van der Waals surface area contributed by atoms with Gasteiger partial charge in [-0.05, 0) is 39.5 Å². The number of nitrogens with zero attached hydrogens (tertiary/aromatic N) is 1. The summed E-state index contributed by atoms with van der Waals surface area (Å²) < 4.78 is 0. The summed E-state index contributed by atoms with van der Waals surface area (Å²) in [5, 5.41) is 11.6. The standard InChI is InChI=1S/C11H16N2O/c1-11(2,3)13-10(14)9(7-12)6-8-4-5-8/h6,8H,4-5H2,1-3H3,(H,13,14)/b9-6+. The zero-order valence-electron chi connectivity index (χ0n) is 8.92. The van der Waals surface area contributed by atoms with Crippen LogP contribution in [0.3, 0.4) is 0 Å². The normalized spacial score (nSPS) is 17.4. The fraction of sp³-hybridized carbons (Fsp3) is 0.636. The molecule has 0 unspecified atom stereocenters. The number of hydrogen-bond donors (Lipinski definition) is 1. The van der Waals surface area contributed by atoms with Crippen LogP contribution in [0.1, 0.15) is 33.6 Å². The van der Waals surface area contributed by atoms with E-state index >= 15 is 0 Å². The molecule has 1 fully saturated rings. The molecule has 1 N–H and O–H groups in total. The first-order chi connectivity index (χ1) is 6.42. The molecule has 1 saturated carbocycles. The predicted molar refractivity (Wildman–Crippen MR) is 54.3 cm³/mol. The second kappa shape index (κ2) is 3.83. The molecule has 1 aliphatic carbocycles. The quantitative estimate of drug-likeness (QED) is 0.535. The maximum absolute atomic E-state index is 11.6. The van der Waals surface area contributed by atoms with Gasteiger partial charge in [0.25, 0.3) is 5.91 Å². The first kappa shape index (κ1) is 10.8. The highest BCUT2D eigenvalue weighted by Crippen LogP contribution is 2.31. The Hall–Kier alpha value is -1.30. The van der Waals surface area contributed by atoms with Gasteiger partial charge in [0.15, 0.2) is 0 Å². The SMILES string of the molecule is CC(C)(C)NC(=O)/C(C#N)=C/C1CC1. The van der Waals surface area contributed by atoms with Crippen molar-refractivity contribution in [1.82, 2.24) is 5.32 Å². The maximum atomic E-state index is 11.6. The lowest BCUT2D eigenvalue weighted by atomic mass is 10.1. The third kappa shape index (κ3) is 3.61. The molecule has 14 heavy (non-hydrogen) atoms. The molecule has 76 valence electrons. The summed E-state index contributed by atoms with van der Waals surface area (Å²) >= 11 is 0. The van der Waals surface area contributed by atoms with Crippen LogP contribution in [0.15, 0.2) is 11.6 Å². The van der Waals surface area contributed by atoms with Gasteiger partial charge in [-0.1, -0.05) is 6.08 Å². The smallest absolute Gasteiger partial charge is 0.262 e. The van der Waals surface area contributed by atoms with Gasteiger partial charge < -0.3 is 5.32 Å². The van der Waals surface area contributed by atoms with Gasteiger partial charge in [0.05, 0.1) is 0 Å². The number of amides is 1. The van der Waals surface area contributed by atoms with Crippen LogP contribution in [0.25, 0.3) is 0 Å². The molecule has 1 aliphatic rings. The van der Waals surface area contributed by atoms with Gasteiger partial charge in [0.2, 0.25) is 0 Å². The van der Waals surface area contributed by atoms with E-state index in [2.05, 4.69) is 5.32 Å². The number of rotatable bonds is 2. The second-order valence-corrected chi connectivity index (χ2v) is 4.73. The highest BCUT2D eigenvalue weighted by Gasteiger charge is 2.23. The molecule has 0 spiro atoms. The average molecular weight is 192 g/mol. The van der Waals surface area contributed by atoms with Crippen LogP contribution < -0.4 is 5.32 Å². The van der Waals surface area contributed by atoms with Gasteiger partial charge in [0, 0.05) is 5.54 Å². The van der Waals surface area contributed by atoms with Crippen molar-refractivity contribution in [2.75, 3.05) is 0 Å². The molecule has 0 aliphatic heterocycles. The van der Waals surface area contributed by atoms with E-state index in [1.807, 2.05) is 26.8 Å². The van der Waals surface area contributed by atoms with Gasteiger partial charge >= 0.3 is 0 Å². The Kier molecular flexibility index (Phi) is 2.95. The predicted octanol–water partition coefficient (Wildman–Crippen LogP) is 1.76. The summed E-state index contributed by atoms with van der Waals surface area (Å²) in [7, 11) is 0. The van der Waals surface area contributed by atoms with E-state index in [1.54, 1.807) is 6.08 Å². The van der Waals surface area contributed by atoms with Crippen molar-refractivity contribution in [2.45, 2.75) is 39.2 Å². The summed E-state index contributed by atoms with van der Waals surface area (Å²) in [5.74, 6) is 0.197. The van der Waals surface area contributed by atoms with Crippen LogP contribution in [0.4, 0.5) is 0 Å². The largest absolute Gasteiger partial charge is 0.347 e. The van der Waals surface area contributed by atoms with E-state index in [-0.39, 0.29) is 17.0 Å². The number of nitrogens with one attached hydrogen (secondary N) is 1. The topological polar surface area (TPSA) is 52.9 Å². The molecule has 0 heterocycles. The second-order valence-electron chi connectivity index (χ2n) is 4.73. The molecular formula is C11H16N2O. The number of hydrogen-bond acceptors (Lipinski definition) is 2. The average Bonchev–Trinajstić information content (AvgIpc) is 2.79. The summed E-state index contributed by atoms with van der Waals surface area (Å²) in [6, 6.07) is 1.94. The minimum absolute atomic E-state index is 0.252. The lowest BCUT2D eigenvalue weighted by Gasteiger charge is -2.19. The Morgan fingerprint density at radius 3 is 2.43 bits per heavy atom. The summed E-state index contributed by atoms with van der Waals surface area (Å²) in [5.41, 5.74) is -0.0289. The highest BCUT2D eigenvalue weighted by molar-refractivity contribution is 5.97. The van der Waals surface area contributed by atoms with Crippen molar-refractivity contribution < 1.29 is 4.79 Å². The van der Waals surface area contributed by atoms with E-state index < -0.39 is 0 Å². The third-order valence-electron chi connectivity index (χ3n) is 1.88. The molecular weight excluding hydrogens is 176 g/mol. The molecule has 3 heteroatoms. The van der Waals surface area contributed by atoms with Crippen molar-refractivity contribution in [3.63, 3.8) is 0 Å². The van der Waals surface area contributed by atoms with Gasteiger partial charge in [-0.25, -0.2) is 0 Å². The van der Waals surface area contributed by atoms with E-state index in [1.165, 1.54) is 0 Å². The molecule has 1 rings (SSSR count). The Labute approximate surface area is 84.8 Å². The monoisotopic (exact) mass is 192 g/mol. The molecule has 3 nitrogen and oxygen atoms in total. The Bertz CT molecular complexity index is 300. The van der Waals surface area contributed by atoms with Crippen molar-refractivity contribution in [1.29, 1.82) is 5.26 Å². The fourth-order valence-corrected chi connectivity index (χ4v) is 1.07. The van der Waals surface area contributed by atoms with Crippen LogP contribution in [-0.2, 0) is 4.79 Å². The summed E-state index contributed by atoms with van der Waals surface area (Å²) in [4.78, 5) is 11.6. The zero-order chi connectivity index (χ0) is 10.8. The van der Waals surface area contributed by atoms with Crippen molar-refractivity contribution in [3.8, 4) is 6.07 Å². The zero-order valence-corrected chi connectivity index (χ0v) is 8.92. The Morgan fingerprint density at radius 1 is 1.50 bits per heavy atom. The van der Waals surface area contributed by atoms with E-state index in [4.69, 9.17) is 5.26 Å². The summed E-state index contributed by atoms with van der Waals surface area (Å²) in [6.07, 6.45) is 3.99.